The van der Waals surface area contributed by atoms with Crippen molar-refractivity contribution in [3.05, 3.63) is 70.5 Å². The fourth-order valence-electron chi connectivity index (χ4n) is 3.98. The lowest BCUT2D eigenvalue weighted by Crippen LogP contribution is -2.48. The van der Waals surface area contributed by atoms with Gasteiger partial charge < -0.3 is 13.8 Å². The fourth-order valence-corrected chi connectivity index (χ4v) is 5.42. The summed E-state index contributed by atoms with van der Waals surface area (Å²) in [5, 5.41) is 3.85. The van der Waals surface area contributed by atoms with Gasteiger partial charge >= 0.3 is 5.76 Å². The summed E-state index contributed by atoms with van der Waals surface area (Å²) < 4.78 is 52.8. The van der Waals surface area contributed by atoms with Crippen molar-refractivity contribution in [3.63, 3.8) is 0 Å². The Morgan fingerprint density at radius 1 is 1.06 bits per heavy atom. The molecular formula is C22H22FN5O5S. The van der Waals surface area contributed by atoms with E-state index in [0.717, 1.165) is 5.69 Å². The fraction of sp³-hybridized carbons (Fsp3) is 0.318. The third kappa shape index (κ3) is 4.10. The first kappa shape index (κ1) is 22.3. The van der Waals surface area contributed by atoms with Crippen molar-refractivity contribution in [3.8, 4) is 0 Å². The van der Waals surface area contributed by atoms with E-state index in [4.69, 9.17) is 8.94 Å². The molecule has 0 atom stereocenters. The lowest BCUT2D eigenvalue weighted by molar-refractivity contribution is 0.375. The van der Waals surface area contributed by atoms with Gasteiger partial charge in [-0.2, -0.15) is 9.29 Å². The maximum Gasteiger partial charge on any atom is 0.420 e. The van der Waals surface area contributed by atoms with Gasteiger partial charge in [0.05, 0.1) is 17.0 Å². The lowest BCUT2D eigenvalue weighted by Gasteiger charge is -2.35. The molecule has 0 spiro atoms. The first-order chi connectivity index (χ1) is 16.3. The number of halogens is 1. The summed E-state index contributed by atoms with van der Waals surface area (Å²) in [5.41, 5.74) is 1.44. The molecule has 0 aliphatic carbocycles. The zero-order valence-corrected chi connectivity index (χ0v) is 19.2. The van der Waals surface area contributed by atoms with Gasteiger partial charge in [-0.3, -0.25) is 4.57 Å². The number of rotatable bonds is 6. The van der Waals surface area contributed by atoms with Crippen LogP contribution in [-0.2, 0) is 23.0 Å². The standard InChI is InChI=1S/C22H22FN5O5S/c1-2-21-24-20(25-33-21)14-28-18-8-7-17(13-19(18)32-22(28)29)34(30,31)27-11-9-26(10-12-27)16-5-3-15(23)4-6-16/h3-8,13H,2,9-12,14H2,1H3. The number of aryl methyl sites for hydroxylation is 1. The van der Waals surface area contributed by atoms with Gasteiger partial charge in [-0.15, -0.1) is 0 Å². The first-order valence-corrected chi connectivity index (χ1v) is 12.2. The Balaban J connectivity index is 1.35. The molecule has 0 unspecified atom stereocenters. The Morgan fingerprint density at radius 3 is 2.47 bits per heavy atom. The van der Waals surface area contributed by atoms with E-state index >= 15 is 0 Å². The van der Waals surface area contributed by atoms with Crippen LogP contribution in [0.15, 0.2) is 61.1 Å². The second-order valence-corrected chi connectivity index (χ2v) is 9.85. The third-order valence-corrected chi connectivity index (χ3v) is 7.71. The minimum atomic E-state index is -3.79. The largest absolute Gasteiger partial charge is 0.420 e. The molecule has 2 aromatic heterocycles. The molecule has 0 N–H and O–H groups in total. The highest BCUT2D eigenvalue weighted by atomic mass is 32.2. The minimum absolute atomic E-state index is 0.0453. The summed E-state index contributed by atoms with van der Waals surface area (Å²) >= 11 is 0. The van der Waals surface area contributed by atoms with Crippen molar-refractivity contribution in [2.75, 3.05) is 31.1 Å². The number of hydrogen-bond donors (Lipinski definition) is 0. The summed E-state index contributed by atoms with van der Waals surface area (Å²) in [6.45, 7) is 3.43. The number of sulfonamides is 1. The molecule has 10 nitrogen and oxygen atoms in total. The molecule has 4 aromatic rings. The molecule has 5 rings (SSSR count). The van der Waals surface area contributed by atoms with E-state index < -0.39 is 15.8 Å². The first-order valence-electron chi connectivity index (χ1n) is 10.8. The molecule has 1 saturated heterocycles. The van der Waals surface area contributed by atoms with Crippen LogP contribution in [0.5, 0.6) is 0 Å². The van der Waals surface area contributed by atoms with Crippen LogP contribution in [0.3, 0.4) is 0 Å². The van der Waals surface area contributed by atoms with E-state index in [2.05, 4.69) is 10.1 Å². The normalized spacial score (nSPS) is 15.3. The number of benzene rings is 2. The maximum absolute atomic E-state index is 13.2. The number of nitrogens with zero attached hydrogens (tertiary/aromatic N) is 5. The average Bonchev–Trinajstić information content (AvgIpc) is 3.43. The van der Waals surface area contributed by atoms with Crippen LogP contribution in [-0.4, -0.2) is 53.6 Å². The van der Waals surface area contributed by atoms with Crippen molar-refractivity contribution >= 4 is 26.8 Å². The predicted molar refractivity (Wildman–Crippen MR) is 121 cm³/mol. The van der Waals surface area contributed by atoms with E-state index in [-0.39, 0.29) is 35.9 Å². The Morgan fingerprint density at radius 2 is 1.79 bits per heavy atom. The number of oxazole rings is 1. The number of hydrogen-bond acceptors (Lipinski definition) is 8. The SMILES string of the molecule is CCc1nc(Cn2c(=O)oc3cc(S(=O)(=O)N4CCN(c5ccc(F)cc5)CC4)ccc32)no1. The summed E-state index contributed by atoms with van der Waals surface area (Å²) in [5.74, 6) is -0.162. The Labute approximate surface area is 194 Å². The summed E-state index contributed by atoms with van der Waals surface area (Å²) in [4.78, 5) is 18.6. The topological polar surface area (TPSA) is 115 Å². The number of aromatic nitrogens is 3. The van der Waals surface area contributed by atoms with E-state index in [0.29, 0.717) is 36.7 Å². The molecule has 0 saturated carbocycles. The van der Waals surface area contributed by atoms with Crippen molar-refractivity contribution in [1.82, 2.24) is 19.0 Å². The van der Waals surface area contributed by atoms with Crippen LogP contribution in [0.4, 0.5) is 10.1 Å². The van der Waals surface area contributed by atoms with Crippen LogP contribution < -0.4 is 10.7 Å². The molecule has 34 heavy (non-hydrogen) atoms. The van der Waals surface area contributed by atoms with Crippen LogP contribution in [0.2, 0.25) is 0 Å². The highest BCUT2D eigenvalue weighted by molar-refractivity contribution is 7.89. The monoisotopic (exact) mass is 487 g/mol. The second-order valence-electron chi connectivity index (χ2n) is 7.91. The molecule has 0 radical (unpaired) electrons. The molecule has 2 aromatic carbocycles. The van der Waals surface area contributed by atoms with Crippen LogP contribution in [0, 0.1) is 5.82 Å². The highest BCUT2D eigenvalue weighted by Gasteiger charge is 2.29. The minimum Gasteiger partial charge on any atom is -0.408 e. The molecular weight excluding hydrogens is 465 g/mol. The maximum atomic E-state index is 13.2. The third-order valence-electron chi connectivity index (χ3n) is 5.82. The predicted octanol–water partition coefficient (Wildman–Crippen LogP) is 2.24. The lowest BCUT2D eigenvalue weighted by atomic mass is 10.2. The molecule has 1 fully saturated rings. The van der Waals surface area contributed by atoms with Gasteiger partial charge in [-0.1, -0.05) is 12.1 Å². The molecule has 178 valence electrons. The van der Waals surface area contributed by atoms with Crippen LogP contribution >= 0.6 is 0 Å². The van der Waals surface area contributed by atoms with Crippen molar-refractivity contribution in [1.29, 1.82) is 0 Å². The van der Waals surface area contributed by atoms with Gasteiger partial charge in [0.25, 0.3) is 0 Å². The Hall–Kier alpha value is -3.51. The molecule has 0 amide bonds. The number of piperazine rings is 1. The summed E-state index contributed by atoms with van der Waals surface area (Å²) in [7, 11) is -3.79. The molecule has 1 aliphatic rings. The molecule has 3 heterocycles. The zero-order chi connectivity index (χ0) is 23.9. The second kappa shape index (κ2) is 8.69. The molecule has 1 aliphatic heterocycles. The van der Waals surface area contributed by atoms with E-state index in [9.17, 15) is 17.6 Å². The Kier molecular flexibility index (Phi) is 5.70. The summed E-state index contributed by atoms with van der Waals surface area (Å²) in [6.07, 6.45) is 0.577. The summed E-state index contributed by atoms with van der Waals surface area (Å²) in [6, 6.07) is 10.5. The van der Waals surface area contributed by atoms with Gasteiger partial charge in [0, 0.05) is 44.4 Å². The number of anilines is 1. The van der Waals surface area contributed by atoms with Crippen molar-refractivity contribution < 1.29 is 21.7 Å². The van der Waals surface area contributed by atoms with Crippen molar-refractivity contribution in [2.45, 2.75) is 24.8 Å². The van der Waals surface area contributed by atoms with Crippen LogP contribution in [0.25, 0.3) is 11.1 Å². The van der Waals surface area contributed by atoms with Gasteiger partial charge in [-0.25, -0.2) is 17.6 Å². The van der Waals surface area contributed by atoms with Crippen molar-refractivity contribution in [2.24, 2.45) is 0 Å². The average molecular weight is 488 g/mol. The highest BCUT2D eigenvalue weighted by Crippen LogP contribution is 2.24. The Bertz CT molecular complexity index is 1480. The molecule has 0 bridgehead atoms. The molecule has 12 heteroatoms. The van der Waals surface area contributed by atoms with Gasteiger partial charge in [-0.05, 0) is 36.4 Å². The van der Waals surface area contributed by atoms with Gasteiger partial charge in [0.1, 0.15) is 5.82 Å². The quantitative estimate of drug-likeness (QED) is 0.407. The van der Waals surface area contributed by atoms with E-state index in [1.165, 1.54) is 33.1 Å². The number of fused-ring (bicyclic) bond motifs is 1. The zero-order valence-electron chi connectivity index (χ0n) is 18.3. The van der Waals surface area contributed by atoms with Gasteiger partial charge in [0.15, 0.2) is 11.4 Å². The van der Waals surface area contributed by atoms with E-state index in [1.54, 1.807) is 18.2 Å². The smallest absolute Gasteiger partial charge is 0.408 e. The van der Waals surface area contributed by atoms with E-state index in [1.807, 2.05) is 11.8 Å². The van der Waals surface area contributed by atoms with Crippen LogP contribution in [0.1, 0.15) is 18.6 Å². The van der Waals surface area contributed by atoms with Gasteiger partial charge in [0.2, 0.25) is 15.9 Å².